The van der Waals surface area contributed by atoms with Crippen molar-refractivity contribution in [2.75, 3.05) is 6.26 Å². The van der Waals surface area contributed by atoms with Crippen LogP contribution in [0.4, 0.5) is 0 Å². The Hall–Kier alpha value is -0.800. The molecule has 0 fully saturated rings. The molecule has 18 heavy (non-hydrogen) atoms. The molecule has 0 aromatic heterocycles. The molecule has 1 aliphatic rings. The number of benzene rings is 1. The molecular weight excluding hydrogens is 268 g/mol. The Morgan fingerprint density at radius 3 is 2.17 bits per heavy atom. The quantitative estimate of drug-likeness (QED) is 0.825. The molecule has 0 N–H and O–H groups in total. The van der Waals surface area contributed by atoms with Crippen LogP contribution in [0.1, 0.15) is 32.3 Å². The van der Waals surface area contributed by atoms with Crippen molar-refractivity contribution in [1.29, 1.82) is 0 Å². The molecule has 0 unspecified atom stereocenters. The van der Waals surface area contributed by atoms with Crippen molar-refractivity contribution in [3.63, 3.8) is 0 Å². The zero-order chi connectivity index (χ0) is 13.6. The summed E-state index contributed by atoms with van der Waals surface area (Å²) in [6.07, 6.45) is 2.69. The summed E-state index contributed by atoms with van der Waals surface area (Å²) in [5.41, 5.74) is 1.91. The summed E-state index contributed by atoms with van der Waals surface area (Å²) >= 11 is 5.87. The number of halogens is 1. The first kappa shape index (κ1) is 13.6. The Kier molecular flexibility index (Phi) is 3.32. The van der Waals surface area contributed by atoms with Crippen LogP contribution in [-0.2, 0) is 9.84 Å². The molecule has 2 rings (SSSR count). The summed E-state index contributed by atoms with van der Waals surface area (Å²) in [7, 11) is -3.13. The van der Waals surface area contributed by atoms with E-state index in [1.807, 2.05) is 12.1 Å². The highest BCUT2D eigenvalue weighted by molar-refractivity contribution is 7.94. The maximum absolute atomic E-state index is 11.9. The Bertz CT molecular complexity index is 595. The highest BCUT2D eigenvalue weighted by Crippen LogP contribution is 2.47. The average molecular weight is 285 g/mol. The summed E-state index contributed by atoms with van der Waals surface area (Å²) < 4.78 is 23.8. The molecule has 4 heteroatoms. The minimum atomic E-state index is -3.13. The van der Waals surface area contributed by atoms with Gasteiger partial charge in [-0.1, -0.05) is 37.6 Å². The van der Waals surface area contributed by atoms with Crippen LogP contribution in [0.15, 0.2) is 29.2 Å². The molecular formula is C14H17ClO2S. The molecule has 1 aliphatic carbocycles. The van der Waals surface area contributed by atoms with Gasteiger partial charge in [0.05, 0.1) is 0 Å². The van der Waals surface area contributed by atoms with Crippen molar-refractivity contribution >= 4 is 27.0 Å². The van der Waals surface area contributed by atoms with E-state index in [0.29, 0.717) is 16.3 Å². The van der Waals surface area contributed by atoms with Crippen molar-refractivity contribution < 1.29 is 8.42 Å². The molecule has 0 amide bonds. The number of rotatable bonds is 2. The first-order valence-electron chi connectivity index (χ1n) is 5.87. The van der Waals surface area contributed by atoms with Crippen molar-refractivity contribution in [1.82, 2.24) is 0 Å². The van der Waals surface area contributed by atoms with E-state index in [2.05, 4.69) is 13.8 Å². The zero-order valence-corrected chi connectivity index (χ0v) is 12.4. The van der Waals surface area contributed by atoms with Crippen LogP contribution in [0.2, 0.25) is 5.02 Å². The van der Waals surface area contributed by atoms with E-state index in [4.69, 9.17) is 11.6 Å². The zero-order valence-electron chi connectivity index (χ0n) is 10.8. The lowest BCUT2D eigenvalue weighted by Gasteiger charge is -2.16. The fraction of sp³-hybridized carbons (Fsp3) is 0.429. The van der Waals surface area contributed by atoms with Gasteiger partial charge in [-0.2, -0.15) is 0 Å². The second-order valence-electron chi connectivity index (χ2n) is 5.70. The molecule has 0 heterocycles. The standard InChI is InChI=1S/C14H17ClO2S/c1-14(2)8-12(13(9-14)18(3,16)17)10-4-6-11(15)7-5-10/h4-7H,8-9H2,1-3H3. The number of hydrogen-bond donors (Lipinski definition) is 0. The van der Waals surface area contributed by atoms with Gasteiger partial charge in [0, 0.05) is 16.2 Å². The Morgan fingerprint density at radius 1 is 1.11 bits per heavy atom. The fourth-order valence-electron chi connectivity index (χ4n) is 2.45. The smallest absolute Gasteiger partial charge is 0.172 e. The van der Waals surface area contributed by atoms with Crippen molar-refractivity contribution in [2.24, 2.45) is 5.41 Å². The summed E-state index contributed by atoms with van der Waals surface area (Å²) in [6.45, 7) is 4.20. The topological polar surface area (TPSA) is 34.1 Å². The minimum absolute atomic E-state index is 0.00732. The third kappa shape index (κ3) is 2.78. The molecule has 98 valence electrons. The van der Waals surface area contributed by atoms with Crippen LogP contribution in [0.5, 0.6) is 0 Å². The Labute approximate surface area is 114 Å². The van der Waals surface area contributed by atoms with Crippen molar-refractivity contribution in [3.05, 3.63) is 39.8 Å². The lowest BCUT2D eigenvalue weighted by atomic mass is 9.88. The van der Waals surface area contributed by atoms with E-state index < -0.39 is 9.84 Å². The summed E-state index contributed by atoms with van der Waals surface area (Å²) in [5, 5.41) is 0.664. The van der Waals surface area contributed by atoms with Crippen LogP contribution in [0.3, 0.4) is 0 Å². The van der Waals surface area contributed by atoms with Crippen molar-refractivity contribution in [2.45, 2.75) is 26.7 Å². The van der Waals surface area contributed by atoms with E-state index >= 15 is 0 Å². The van der Waals surface area contributed by atoms with E-state index in [1.165, 1.54) is 6.26 Å². The van der Waals surface area contributed by atoms with Crippen molar-refractivity contribution in [3.8, 4) is 0 Å². The van der Waals surface area contributed by atoms with Gasteiger partial charge in [-0.15, -0.1) is 0 Å². The normalized spacial score (nSPS) is 19.3. The van der Waals surface area contributed by atoms with Gasteiger partial charge in [-0.25, -0.2) is 8.42 Å². The first-order chi connectivity index (χ1) is 8.19. The molecule has 0 bridgehead atoms. The molecule has 0 radical (unpaired) electrons. The van der Waals surface area contributed by atoms with E-state index in [0.717, 1.165) is 17.6 Å². The van der Waals surface area contributed by atoms with Crippen LogP contribution in [0, 0.1) is 5.41 Å². The van der Waals surface area contributed by atoms with Crippen LogP contribution in [-0.4, -0.2) is 14.7 Å². The lowest BCUT2D eigenvalue weighted by Crippen LogP contribution is -2.07. The molecule has 0 spiro atoms. The summed E-state index contributed by atoms with van der Waals surface area (Å²) in [4.78, 5) is 0.579. The van der Waals surface area contributed by atoms with Gasteiger partial charge in [0.25, 0.3) is 0 Å². The SMILES string of the molecule is CC1(C)CC(c2ccc(Cl)cc2)=C(S(C)(=O)=O)C1. The van der Waals surface area contributed by atoms with Crippen LogP contribution >= 0.6 is 11.6 Å². The second kappa shape index (κ2) is 4.39. The Morgan fingerprint density at radius 2 is 1.67 bits per heavy atom. The number of hydrogen-bond acceptors (Lipinski definition) is 2. The largest absolute Gasteiger partial charge is 0.224 e. The lowest BCUT2D eigenvalue weighted by molar-refractivity contribution is 0.400. The number of sulfone groups is 1. The average Bonchev–Trinajstić information content (AvgIpc) is 2.55. The van der Waals surface area contributed by atoms with Crippen LogP contribution < -0.4 is 0 Å². The predicted octanol–water partition coefficient (Wildman–Crippen LogP) is 3.92. The minimum Gasteiger partial charge on any atom is -0.224 e. The van der Waals surface area contributed by atoms with Gasteiger partial charge in [0.1, 0.15) is 0 Å². The molecule has 0 saturated carbocycles. The summed E-state index contributed by atoms with van der Waals surface area (Å²) in [5.74, 6) is 0. The molecule has 0 atom stereocenters. The highest BCUT2D eigenvalue weighted by atomic mass is 35.5. The summed E-state index contributed by atoms with van der Waals surface area (Å²) in [6, 6.07) is 7.39. The van der Waals surface area contributed by atoms with Gasteiger partial charge in [0.15, 0.2) is 9.84 Å². The molecule has 1 aromatic carbocycles. The van der Waals surface area contributed by atoms with Gasteiger partial charge >= 0.3 is 0 Å². The molecule has 0 aliphatic heterocycles. The second-order valence-corrected chi connectivity index (χ2v) is 8.17. The first-order valence-corrected chi connectivity index (χ1v) is 8.14. The fourth-order valence-corrected chi connectivity index (χ4v) is 3.87. The van der Waals surface area contributed by atoms with Gasteiger partial charge < -0.3 is 0 Å². The number of allylic oxidation sites excluding steroid dienone is 2. The molecule has 1 aromatic rings. The maximum Gasteiger partial charge on any atom is 0.172 e. The van der Waals surface area contributed by atoms with Crippen LogP contribution in [0.25, 0.3) is 5.57 Å². The van der Waals surface area contributed by atoms with E-state index in [9.17, 15) is 8.42 Å². The van der Waals surface area contributed by atoms with Gasteiger partial charge in [-0.05, 0) is 41.5 Å². The van der Waals surface area contributed by atoms with Gasteiger partial charge in [-0.3, -0.25) is 0 Å². The van der Waals surface area contributed by atoms with E-state index in [-0.39, 0.29) is 5.41 Å². The Balaban J connectivity index is 2.54. The maximum atomic E-state index is 11.9. The monoisotopic (exact) mass is 284 g/mol. The predicted molar refractivity (Wildman–Crippen MR) is 76.2 cm³/mol. The molecule has 0 saturated heterocycles. The molecule has 2 nitrogen and oxygen atoms in total. The van der Waals surface area contributed by atoms with E-state index in [1.54, 1.807) is 12.1 Å². The van der Waals surface area contributed by atoms with Gasteiger partial charge in [0.2, 0.25) is 0 Å². The third-order valence-electron chi connectivity index (χ3n) is 3.27. The highest BCUT2D eigenvalue weighted by Gasteiger charge is 2.35. The third-order valence-corrected chi connectivity index (χ3v) is 4.81.